The number of hydrogen-bond donors (Lipinski definition) is 1. The molecular formula is C4H10AgO2. The van der Waals surface area contributed by atoms with Gasteiger partial charge in [0, 0.05) is 29.5 Å². The molecule has 7 heavy (non-hydrogen) atoms. The van der Waals surface area contributed by atoms with Crippen molar-refractivity contribution in [2.45, 2.75) is 19.6 Å². The van der Waals surface area contributed by atoms with Crippen LogP contribution in [0.4, 0.5) is 0 Å². The summed E-state index contributed by atoms with van der Waals surface area (Å²) in [4.78, 5) is 0. The van der Waals surface area contributed by atoms with Crippen LogP contribution in [0.2, 0.25) is 0 Å². The zero-order valence-electron chi connectivity index (χ0n) is 4.44. The van der Waals surface area contributed by atoms with Crippen LogP contribution in [0.5, 0.6) is 0 Å². The predicted molar refractivity (Wildman–Crippen MR) is 23.3 cm³/mol. The van der Waals surface area contributed by atoms with Crippen LogP contribution in [0.1, 0.15) is 13.3 Å². The Morgan fingerprint density at radius 2 is 2.14 bits per heavy atom. The van der Waals surface area contributed by atoms with Gasteiger partial charge in [0.2, 0.25) is 0 Å². The van der Waals surface area contributed by atoms with E-state index in [1.165, 1.54) is 7.11 Å². The molecule has 0 aromatic carbocycles. The second kappa shape index (κ2) is 6.66. The van der Waals surface area contributed by atoms with Crippen molar-refractivity contribution in [3.8, 4) is 0 Å². The Labute approximate surface area is 59.4 Å². The van der Waals surface area contributed by atoms with Crippen molar-refractivity contribution in [1.82, 2.24) is 0 Å². The molecule has 0 heterocycles. The fraction of sp³-hybridized carbons (Fsp3) is 1.00. The molecule has 0 bridgehead atoms. The zero-order chi connectivity index (χ0) is 4.99. The molecule has 1 unspecified atom stereocenters. The SMILES string of the molecule is CCC(O)OC.[Ag]. The van der Waals surface area contributed by atoms with Crippen LogP contribution in [-0.4, -0.2) is 18.5 Å². The monoisotopic (exact) mass is 197 g/mol. The molecule has 0 saturated carbocycles. The second-order valence-electron chi connectivity index (χ2n) is 1.10. The van der Waals surface area contributed by atoms with Gasteiger partial charge in [0.1, 0.15) is 0 Å². The molecular weight excluding hydrogens is 188 g/mol. The van der Waals surface area contributed by atoms with Gasteiger partial charge in [-0.15, -0.1) is 0 Å². The summed E-state index contributed by atoms with van der Waals surface area (Å²) < 4.78 is 4.45. The van der Waals surface area contributed by atoms with Crippen molar-refractivity contribution in [2.24, 2.45) is 0 Å². The predicted octanol–water partition coefficient (Wildman–Crippen LogP) is 0.359. The van der Waals surface area contributed by atoms with E-state index in [1.807, 2.05) is 6.92 Å². The van der Waals surface area contributed by atoms with Crippen LogP contribution in [0.3, 0.4) is 0 Å². The molecule has 0 aromatic rings. The molecule has 3 heteroatoms. The molecule has 1 N–H and O–H groups in total. The summed E-state index contributed by atoms with van der Waals surface area (Å²) in [6, 6.07) is 0. The number of ether oxygens (including phenoxy) is 1. The maximum Gasteiger partial charge on any atom is 0.153 e. The molecule has 49 valence electrons. The van der Waals surface area contributed by atoms with Crippen molar-refractivity contribution >= 4 is 0 Å². The molecule has 0 spiro atoms. The summed E-state index contributed by atoms with van der Waals surface area (Å²) in [5.74, 6) is 0. The van der Waals surface area contributed by atoms with Gasteiger partial charge >= 0.3 is 0 Å². The average Bonchev–Trinajstić information content (AvgIpc) is 1.65. The normalized spacial score (nSPS) is 12.4. The first-order chi connectivity index (χ1) is 2.81. The first kappa shape index (κ1) is 10.6. The standard InChI is InChI=1S/C4H10O2.Ag/c1-3-4(5)6-2;/h4-5H,3H2,1-2H3;. The number of methoxy groups -OCH3 is 1. The molecule has 1 radical (unpaired) electrons. The third kappa shape index (κ3) is 6.66. The summed E-state index contributed by atoms with van der Waals surface area (Å²) in [6.07, 6.45) is 0.0984. The van der Waals surface area contributed by atoms with E-state index < -0.39 is 6.29 Å². The maximum absolute atomic E-state index is 8.44. The molecule has 0 rings (SSSR count). The maximum atomic E-state index is 8.44. The van der Waals surface area contributed by atoms with Gasteiger partial charge in [0.25, 0.3) is 0 Å². The minimum Gasteiger partial charge on any atom is -0.368 e. The molecule has 0 aliphatic rings. The first-order valence-electron chi connectivity index (χ1n) is 2.02. The summed E-state index contributed by atoms with van der Waals surface area (Å²) in [6.45, 7) is 1.86. The summed E-state index contributed by atoms with van der Waals surface area (Å²) >= 11 is 0. The fourth-order valence-corrected chi connectivity index (χ4v) is 0.167. The number of hydrogen-bond acceptors (Lipinski definition) is 2. The van der Waals surface area contributed by atoms with Gasteiger partial charge in [0.05, 0.1) is 0 Å². The van der Waals surface area contributed by atoms with E-state index in [0.717, 1.165) is 0 Å². The molecule has 0 fully saturated rings. The van der Waals surface area contributed by atoms with E-state index in [2.05, 4.69) is 4.74 Å². The first-order valence-corrected chi connectivity index (χ1v) is 2.02. The number of aliphatic hydroxyl groups is 1. The Hall–Kier alpha value is 0.660. The Morgan fingerprint density at radius 3 is 2.14 bits per heavy atom. The quantitative estimate of drug-likeness (QED) is 0.512. The van der Waals surface area contributed by atoms with Crippen molar-refractivity contribution in [2.75, 3.05) is 7.11 Å². The molecule has 0 saturated heterocycles. The van der Waals surface area contributed by atoms with Crippen molar-refractivity contribution in [3.63, 3.8) is 0 Å². The zero-order valence-corrected chi connectivity index (χ0v) is 5.92. The molecule has 0 aromatic heterocycles. The van der Waals surface area contributed by atoms with E-state index in [4.69, 9.17) is 5.11 Å². The Morgan fingerprint density at radius 1 is 1.71 bits per heavy atom. The van der Waals surface area contributed by atoms with Gasteiger partial charge in [-0.3, -0.25) is 0 Å². The molecule has 2 nitrogen and oxygen atoms in total. The summed E-state index contributed by atoms with van der Waals surface area (Å²) in [7, 11) is 1.48. The minimum absolute atomic E-state index is 0. The average molecular weight is 198 g/mol. The Bertz CT molecular complexity index is 28.9. The molecule has 0 amide bonds. The van der Waals surface area contributed by atoms with E-state index in [9.17, 15) is 0 Å². The van der Waals surface area contributed by atoms with Crippen molar-refractivity contribution < 1.29 is 32.2 Å². The van der Waals surface area contributed by atoms with E-state index in [0.29, 0.717) is 6.42 Å². The van der Waals surface area contributed by atoms with Crippen LogP contribution >= 0.6 is 0 Å². The van der Waals surface area contributed by atoms with Gasteiger partial charge in [-0.2, -0.15) is 0 Å². The van der Waals surface area contributed by atoms with Crippen molar-refractivity contribution in [1.29, 1.82) is 0 Å². The largest absolute Gasteiger partial charge is 0.368 e. The van der Waals surface area contributed by atoms with E-state index in [1.54, 1.807) is 0 Å². The van der Waals surface area contributed by atoms with Crippen LogP contribution in [0.15, 0.2) is 0 Å². The number of aliphatic hydroxyl groups excluding tert-OH is 1. The summed E-state index contributed by atoms with van der Waals surface area (Å²) in [5.41, 5.74) is 0. The van der Waals surface area contributed by atoms with Crippen LogP contribution in [0.25, 0.3) is 0 Å². The van der Waals surface area contributed by atoms with Crippen LogP contribution in [0, 0.1) is 0 Å². The third-order valence-electron chi connectivity index (χ3n) is 0.621. The van der Waals surface area contributed by atoms with Crippen LogP contribution in [-0.2, 0) is 27.1 Å². The number of rotatable bonds is 2. The van der Waals surface area contributed by atoms with E-state index >= 15 is 0 Å². The van der Waals surface area contributed by atoms with Gasteiger partial charge in [-0.25, -0.2) is 0 Å². The smallest absolute Gasteiger partial charge is 0.153 e. The van der Waals surface area contributed by atoms with Gasteiger partial charge in [0.15, 0.2) is 6.29 Å². The van der Waals surface area contributed by atoms with Gasteiger partial charge in [-0.1, -0.05) is 6.92 Å². The van der Waals surface area contributed by atoms with Crippen molar-refractivity contribution in [3.05, 3.63) is 0 Å². The second-order valence-corrected chi connectivity index (χ2v) is 1.10. The Kier molecular flexibility index (Phi) is 10.1. The van der Waals surface area contributed by atoms with E-state index in [-0.39, 0.29) is 22.4 Å². The fourth-order valence-electron chi connectivity index (χ4n) is 0.167. The van der Waals surface area contributed by atoms with Gasteiger partial charge < -0.3 is 9.84 Å². The molecule has 0 aliphatic carbocycles. The minimum atomic E-state index is -0.565. The summed E-state index contributed by atoms with van der Waals surface area (Å²) in [5, 5.41) is 8.44. The Balaban J connectivity index is 0. The topological polar surface area (TPSA) is 29.5 Å². The molecule has 1 atom stereocenters. The third-order valence-corrected chi connectivity index (χ3v) is 0.621. The molecule has 0 aliphatic heterocycles. The van der Waals surface area contributed by atoms with Gasteiger partial charge in [-0.05, 0) is 6.42 Å². The van der Waals surface area contributed by atoms with Crippen LogP contribution < -0.4 is 0 Å².